The summed E-state index contributed by atoms with van der Waals surface area (Å²) >= 11 is 0. The predicted octanol–water partition coefficient (Wildman–Crippen LogP) is 1.65. The fourth-order valence-corrected chi connectivity index (χ4v) is 1.18. The first kappa shape index (κ1) is 11.4. The lowest BCUT2D eigenvalue weighted by molar-refractivity contribution is -0.142. The molecule has 0 aromatic carbocycles. The van der Waals surface area contributed by atoms with Crippen molar-refractivity contribution < 1.29 is 15.0 Å². The molecule has 0 saturated heterocycles. The smallest absolute Gasteiger partial charge is 0.306 e. The molecule has 3 nitrogen and oxygen atoms in total. The highest BCUT2D eigenvalue weighted by Gasteiger charge is 2.16. The van der Waals surface area contributed by atoms with Gasteiger partial charge in [-0.25, -0.2) is 0 Å². The topological polar surface area (TPSA) is 57.5 Å². The van der Waals surface area contributed by atoms with E-state index >= 15 is 0 Å². The Morgan fingerprint density at radius 3 is 2.25 bits per heavy atom. The molecule has 0 amide bonds. The summed E-state index contributed by atoms with van der Waals surface area (Å²) in [6.07, 6.45) is 2.38. The average Bonchev–Trinajstić information content (AvgIpc) is 1.96. The largest absolute Gasteiger partial charge is 0.481 e. The van der Waals surface area contributed by atoms with Crippen molar-refractivity contribution >= 4 is 5.97 Å². The summed E-state index contributed by atoms with van der Waals surface area (Å²) in [5.41, 5.74) is 0. The van der Waals surface area contributed by atoms with Crippen molar-refractivity contribution in [1.29, 1.82) is 0 Å². The van der Waals surface area contributed by atoms with Crippen LogP contribution >= 0.6 is 0 Å². The molecule has 0 fully saturated rings. The Kier molecular flexibility index (Phi) is 5.72. The third-order valence-corrected chi connectivity index (χ3v) is 1.92. The van der Waals surface area contributed by atoms with Gasteiger partial charge in [0.2, 0.25) is 0 Å². The van der Waals surface area contributed by atoms with Crippen LogP contribution < -0.4 is 0 Å². The van der Waals surface area contributed by atoms with Crippen LogP contribution in [0, 0.1) is 5.92 Å². The van der Waals surface area contributed by atoms with Gasteiger partial charge < -0.3 is 10.2 Å². The maximum Gasteiger partial charge on any atom is 0.306 e. The monoisotopic (exact) mass is 174 g/mol. The molecule has 2 atom stereocenters. The van der Waals surface area contributed by atoms with Crippen molar-refractivity contribution in [3.8, 4) is 0 Å². The second-order valence-corrected chi connectivity index (χ2v) is 3.25. The number of aliphatic carboxylic acids is 1. The average molecular weight is 174 g/mol. The van der Waals surface area contributed by atoms with Crippen molar-refractivity contribution in [1.82, 2.24) is 0 Å². The summed E-state index contributed by atoms with van der Waals surface area (Å²) in [5.74, 6) is -1.01. The zero-order valence-corrected chi connectivity index (χ0v) is 7.79. The summed E-state index contributed by atoms with van der Waals surface area (Å²) in [6, 6.07) is 0. The lowest BCUT2D eigenvalue weighted by Gasteiger charge is -2.11. The zero-order chi connectivity index (χ0) is 9.56. The minimum absolute atomic E-state index is 0.274. The molecule has 0 radical (unpaired) electrons. The molecule has 0 aromatic rings. The molecular formula is C9H18O3. The fraction of sp³-hybridized carbons (Fsp3) is 0.889. The lowest BCUT2D eigenvalue weighted by atomic mass is 9.97. The van der Waals surface area contributed by atoms with Crippen LogP contribution in [0.2, 0.25) is 0 Å². The van der Waals surface area contributed by atoms with E-state index in [2.05, 4.69) is 0 Å². The SMILES string of the molecule is CCCC(CCC(C)O)C(=O)O. The van der Waals surface area contributed by atoms with Crippen molar-refractivity contribution in [3.63, 3.8) is 0 Å². The van der Waals surface area contributed by atoms with Crippen LogP contribution in [0.15, 0.2) is 0 Å². The lowest BCUT2D eigenvalue weighted by Crippen LogP contribution is -2.15. The van der Waals surface area contributed by atoms with Crippen LogP contribution in [0.3, 0.4) is 0 Å². The first-order valence-electron chi connectivity index (χ1n) is 4.48. The Morgan fingerprint density at radius 1 is 1.33 bits per heavy atom. The van der Waals surface area contributed by atoms with Gasteiger partial charge >= 0.3 is 5.97 Å². The number of aliphatic hydroxyl groups excluding tert-OH is 1. The summed E-state index contributed by atoms with van der Waals surface area (Å²) < 4.78 is 0. The Labute approximate surface area is 73.4 Å². The molecule has 0 aliphatic rings. The molecule has 0 rings (SSSR count). The molecule has 3 heteroatoms. The normalized spacial score (nSPS) is 15.6. The highest BCUT2D eigenvalue weighted by atomic mass is 16.4. The van der Waals surface area contributed by atoms with Gasteiger partial charge in [0.1, 0.15) is 0 Å². The van der Waals surface area contributed by atoms with Gasteiger partial charge in [-0.3, -0.25) is 4.79 Å². The van der Waals surface area contributed by atoms with Crippen LogP contribution in [0.1, 0.15) is 39.5 Å². The first-order valence-corrected chi connectivity index (χ1v) is 4.48. The quantitative estimate of drug-likeness (QED) is 0.643. The third kappa shape index (κ3) is 5.13. The van der Waals surface area contributed by atoms with E-state index in [1.54, 1.807) is 6.92 Å². The van der Waals surface area contributed by atoms with Crippen LogP contribution in [-0.4, -0.2) is 22.3 Å². The number of aliphatic hydroxyl groups is 1. The van der Waals surface area contributed by atoms with Gasteiger partial charge in [0.15, 0.2) is 0 Å². The van der Waals surface area contributed by atoms with Crippen molar-refractivity contribution in [3.05, 3.63) is 0 Å². The molecule has 0 spiro atoms. The Morgan fingerprint density at radius 2 is 1.92 bits per heavy atom. The molecule has 2 N–H and O–H groups in total. The van der Waals surface area contributed by atoms with E-state index in [1.165, 1.54) is 0 Å². The van der Waals surface area contributed by atoms with Crippen LogP contribution in [0.5, 0.6) is 0 Å². The summed E-state index contributed by atoms with van der Waals surface area (Å²) in [5, 5.41) is 17.7. The first-order chi connectivity index (χ1) is 5.57. The summed E-state index contributed by atoms with van der Waals surface area (Å²) in [7, 11) is 0. The maximum absolute atomic E-state index is 10.6. The second-order valence-electron chi connectivity index (χ2n) is 3.25. The van der Waals surface area contributed by atoms with Gasteiger partial charge in [-0.2, -0.15) is 0 Å². The standard InChI is InChI=1S/C9H18O3/c1-3-4-8(9(11)12)6-5-7(2)10/h7-8,10H,3-6H2,1-2H3,(H,11,12). The van der Waals surface area contributed by atoms with Crippen molar-refractivity contribution in [2.45, 2.75) is 45.6 Å². The van der Waals surface area contributed by atoms with Gasteiger partial charge in [-0.1, -0.05) is 13.3 Å². The molecule has 0 aromatic heterocycles. The van der Waals surface area contributed by atoms with Crippen molar-refractivity contribution in [2.75, 3.05) is 0 Å². The molecule has 0 aliphatic heterocycles. The van der Waals surface area contributed by atoms with Gasteiger partial charge in [-0.15, -0.1) is 0 Å². The van der Waals surface area contributed by atoms with Gasteiger partial charge in [0, 0.05) is 0 Å². The molecule has 0 aliphatic carbocycles. The zero-order valence-electron chi connectivity index (χ0n) is 7.79. The number of carbonyl (C=O) groups is 1. The van der Waals surface area contributed by atoms with E-state index in [0.717, 1.165) is 6.42 Å². The highest BCUT2D eigenvalue weighted by molar-refractivity contribution is 5.69. The molecule has 2 unspecified atom stereocenters. The van der Waals surface area contributed by atoms with E-state index in [0.29, 0.717) is 19.3 Å². The van der Waals surface area contributed by atoms with E-state index in [1.807, 2.05) is 6.92 Å². The molecule has 12 heavy (non-hydrogen) atoms. The minimum atomic E-state index is -0.738. The minimum Gasteiger partial charge on any atom is -0.481 e. The van der Waals surface area contributed by atoms with E-state index in [-0.39, 0.29) is 12.0 Å². The van der Waals surface area contributed by atoms with E-state index in [9.17, 15) is 4.79 Å². The summed E-state index contributed by atoms with van der Waals surface area (Å²) in [6.45, 7) is 3.66. The second kappa shape index (κ2) is 6.00. The highest BCUT2D eigenvalue weighted by Crippen LogP contribution is 2.14. The van der Waals surface area contributed by atoms with E-state index < -0.39 is 5.97 Å². The molecule has 0 saturated carbocycles. The van der Waals surface area contributed by atoms with Crippen LogP contribution in [0.25, 0.3) is 0 Å². The van der Waals surface area contributed by atoms with E-state index in [4.69, 9.17) is 10.2 Å². The Bertz CT molecular complexity index is 132. The number of hydrogen-bond acceptors (Lipinski definition) is 2. The number of hydrogen-bond donors (Lipinski definition) is 2. The Hall–Kier alpha value is -0.570. The van der Waals surface area contributed by atoms with Gasteiger partial charge in [-0.05, 0) is 26.2 Å². The van der Waals surface area contributed by atoms with Crippen molar-refractivity contribution in [2.24, 2.45) is 5.92 Å². The molecule has 0 bridgehead atoms. The molecular weight excluding hydrogens is 156 g/mol. The van der Waals surface area contributed by atoms with Crippen LogP contribution in [0.4, 0.5) is 0 Å². The van der Waals surface area contributed by atoms with Gasteiger partial charge in [0.05, 0.1) is 12.0 Å². The maximum atomic E-state index is 10.6. The Balaban J connectivity index is 3.71. The fourth-order valence-electron chi connectivity index (χ4n) is 1.18. The van der Waals surface area contributed by atoms with Gasteiger partial charge in [0.25, 0.3) is 0 Å². The summed E-state index contributed by atoms with van der Waals surface area (Å²) in [4.78, 5) is 10.6. The number of carboxylic acids is 1. The number of rotatable bonds is 6. The third-order valence-electron chi connectivity index (χ3n) is 1.92. The molecule has 72 valence electrons. The van der Waals surface area contributed by atoms with Crippen LogP contribution in [-0.2, 0) is 4.79 Å². The molecule has 0 heterocycles. The number of carboxylic acid groups (broad SMARTS) is 1. The predicted molar refractivity (Wildman–Crippen MR) is 46.9 cm³/mol.